The largest absolute Gasteiger partial charge is 0.354 e. The van der Waals surface area contributed by atoms with Crippen LogP contribution in [0.1, 0.15) is 39.0 Å². The molecule has 3 N–H and O–H groups in total. The normalized spacial score (nSPS) is 26.5. The van der Waals surface area contributed by atoms with Crippen LogP contribution in [0.3, 0.4) is 0 Å². The first-order chi connectivity index (χ1) is 8.13. The molecule has 4 heteroatoms. The Balaban J connectivity index is 2.14. The van der Waals surface area contributed by atoms with E-state index >= 15 is 0 Å². The van der Waals surface area contributed by atoms with Crippen molar-refractivity contribution in [1.82, 2.24) is 5.32 Å². The summed E-state index contributed by atoms with van der Waals surface area (Å²) in [6.45, 7) is 3.13. The summed E-state index contributed by atoms with van der Waals surface area (Å²) in [5, 5.41) is 3.00. The fourth-order valence-electron chi connectivity index (χ4n) is 2.29. The minimum Gasteiger partial charge on any atom is -0.354 e. The first-order valence-corrected chi connectivity index (χ1v) is 8.05. The molecule has 3 nitrogen and oxygen atoms in total. The molecule has 1 atom stereocenters. The Morgan fingerprint density at radius 3 is 2.65 bits per heavy atom. The maximum absolute atomic E-state index is 11.7. The molecule has 0 spiro atoms. The van der Waals surface area contributed by atoms with Gasteiger partial charge in [0.25, 0.3) is 0 Å². The van der Waals surface area contributed by atoms with Crippen molar-refractivity contribution >= 4 is 17.7 Å². The van der Waals surface area contributed by atoms with Gasteiger partial charge in [0.1, 0.15) is 0 Å². The summed E-state index contributed by atoms with van der Waals surface area (Å²) in [5.74, 6) is 2.52. The second kappa shape index (κ2) is 7.98. The molecule has 0 radical (unpaired) electrons. The van der Waals surface area contributed by atoms with Crippen molar-refractivity contribution in [3.63, 3.8) is 0 Å². The first-order valence-electron chi connectivity index (χ1n) is 6.65. The Labute approximate surface area is 109 Å². The average molecular weight is 258 g/mol. The van der Waals surface area contributed by atoms with E-state index in [9.17, 15) is 4.79 Å². The number of rotatable bonds is 6. The van der Waals surface area contributed by atoms with Gasteiger partial charge in [0.05, 0.1) is 6.04 Å². The summed E-state index contributed by atoms with van der Waals surface area (Å²) in [4.78, 5) is 11.7. The number of nitrogens with one attached hydrogen (secondary N) is 1. The van der Waals surface area contributed by atoms with Crippen LogP contribution < -0.4 is 11.1 Å². The van der Waals surface area contributed by atoms with Crippen molar-refractivity contribution in [1.29, 1.82) is 0 Å². The molecule has 17 heavy (non-hydrogen) atoms. The third kappa shape index (κ3) is 5.77. The third-order valence-electron chi connectivity index (χ3n) is 3.67. The Morgan fingerprint density at radius 2 is 2.06 bits per heavy atom. The standard InChI is InChI=1S/C13H26N2OS/c1-10-3-5-11(6-4-10)9-15-13(16)12(14)7-8-17-2/h10-12H,3-9,14H2,1-2H3,(H,15,16)/t10?,11?,12-/m0/s1. The summed E-state index contributed by atoms with van der Waals surface area (Å²) in [7, 11) is 0. The minimum absolute atomic E-state index is 0.0256. The zero-order chi connectivity index (χ0) is 12.7. The lowest BCUT2D eigenvalue weighted by molar-refractivity contribution is -0.122. The Hall–Kier alpha value is -0.220. The van der Waals surface area contributed by atoms with Crippen LogP contribution in [-0.2, 0) is 4.79 Å². The van der Waals surface area contributed by atoms with Crippen molar-refractivity contribution in [3.05, 3.63) is 0 Å². The van der Waals surface area contributed by atoms with Gasteiger partial charge in [0, 0.05) is 6.54 Å². The van der Waals surface area contributed by atoms with Crippen LogP contribution in [0.5, 0.6) is 0 Å². The molecular formula is C13H26N2OS. The molecule has 0 heterocycles. The lowest BCUT2D eigenvalue weighted by Gasteiger charge is -2.26. The maximum Gasteiger partial charge on any atom is 0.236 e. The van der Waals surface area contributed by atoms with Gasteiger partial charge >= 0.3 is 0 Å². The summed E-state index contributed by atoms with van der Waals surface area (Å²) in [5.41, 5.74) is 5.82. The minimum atomic E-state index is -0.329. The summed E-state index contributed by atoms with van der Waals surface area (Å²) < 4.78 is 0. The number of hydrogen-bond donors (Lipinski definition) is 2. The summed E-state index contributed by atoms with van der Waals surface area (Å²) >= 11 is 1.73. The van der Waals surface area contributed by atoms with Gasteiger partial charge in [-0.15, -0.1) is 0 Å². The first kappa shape index (κ1) is 14.8. The topological polar surface area (TPSA) is 55.1 Å². The fraction of sp³-hybridized carbons (Fsp3) is 0.923. The van der Waals surface area contributed by atoms with Crippen LogP contribution >= 0.6 is 11.8 Å². The van der Waals surface area contributed by atoms with Crippen LogP contribution in [-0.4, -0.2) is 30.5 Å². The third-order valence-corrected chi connectivity index (χ3v) is 4.31. The van der Waals surface area contributed by atoms with Crippen LogP contribution in [0, 0.1) is 11.8 Å². The molecule has 0 aliphatic heterocycles. The van der Waals surface area contributed by atoms with Crippen molar-refractivity contribution < 1.29 is 4.79 Å². The van der Waals surface area contributed by atoms with Crippen LogP contribution in [0.4, 0.5) is 0 Å². The highest BCUT2D eigenvalue weighted by atomic mass is 32.2. The number of carbonyl (C=O) groups is 1. The Bertz CT molecular complexity index is 227. The smallest absolute Gasteiger partial charge is 0.236 e. The predicted molar refractivity (Wildman–Crippen MR) is 75.1 cm³/mol. The second-order valence-electron chi connectivity index (χ2n) is 5.26. The summed E-state index contributed by atoms with van der Waals surface area (Å²) in [6.07, 6.45) is 7.92. The van der Waals surface area contributed by atoms with E-state index in [4.69, 9.17) is 5.73 Å². The fourth-order valence-corrected chi connectivity index (χ4v) is 2.77. The molecule has 0 saturated heterocycles. The van der Waals surface area contributed by atoms with E-state index in [1.165, 1.54) is 25.7 Å². The molecule has 0 aromatic heterocycles. The van der Waals surface area contributed by atoms with Crippen LogP contribution in [0.2, 0.25) is 0 Å². The maximum atomic E-state index is 11.7. The molecule has 100 valence electrons. The second-order valence-corrected chi connectivity index (χ2v) is 6.24. The molecule has 0 aromatic carbocycles. The zero-order valence-electron chi connectivity index (χ0n) is 11.1. The highest BCUT2D eigenvalue weighted by Crippen LogP contribution is 2.27. The number of thioether (sulfide) groups is 1. The molecule has 1 rings (SSSR count). The number of nitrogens with two attached hydrogens (primary N) is 1. The van der Waals surface area contributed by atoms with E-state index in [-0.39, 0.29) is 11.9 Å². The molecule has 1 amide bonds. The lowest BCUT2D eigenvalue weighted by atomic mass is 9.83. The van der Waals surface area contributed by atoms with Crippen molar-refractivity contribution in [2.45, 2.75) is 45.1 Å². The van der Waals surface area contributed by atoms with Gasteiger partial charge in [0.2, 0.25) is 5.91 Å². The molecule has 1 aliphatic rings. The van der Waals surface area contributed by atoms with Crippen LogP contribution in [0.15, 0.2) is 0 Å². The predicted octanol–water partition coefficient (Wildman–Crippen LogP) is 2.01. The molecule has 1 fully saturated rings. The molecule has 1 saturated carbocycles. The monoisotopic (exact) mass is 258 g/mol. The lowest BCUT2D eigenvalue weighted by Crippen LogP contribution is -2.43. The quantitative estimate of drug-likeness (QED) is 0.766. The van der Waals surface area contributed by atoms with E-state index < -0.39 is 0 Å². The van der Waals surface area contributed by atoms with E-state index in [0.717, 1.165) is 24.6 Å². The Kier molecular flexibility index (Phi) is 6.97. The number of hydrogen-bond acceptors (Lipinski definition) is 3. The van der Waals surface area contributed by atoms with E-state index in [1.807, 2.05) is 6.26 Å². The van der Waals surface area contributed by atoms with Gasteiger partial charge in [-0.1, -0.05) is 19.8 Å². The van der Waals surface area contributed by atoms with E-state index in [0.29, 0.717) is 5.92 Å². The number of carbonyl (C=O) groups excluding carboxylic acids is 1. The molecule has 0 unspecified atom stereocenters. The van der Waals surface area contributed by atoms with Gasteiger partial charge in [0.15, 0.2) is 0 Å². The van der Waals surface area contributed by atoms with Crippen LogP contribution in [0.25, 0.3) is 0 Å². The Morgan fingerprint density at radius 1 is 1.41 bits per heavy atom. The number of amides is 1. The molecule has 0 bridgehead atoms. The van der Waals surface area contributed by atoms with Gasteiger partial charge in [-0.3, -0.25) is 4.79 Å². The van der Waals surface area contributed by atoms with Gasteiger partial charge in [-0.25, -0.2) is 0 Å². The van der Waals surface area contributed by atoms with Gasteiger partial charge in [-0.2, -0.15) is 11.8 Å². The molecule has 0 aromatic rings. The SMILES string of the molecule is CSCC[C@H](N)C(=O)NCC1CCC(C)CC1. The highest BCUT2D eigenvalue weighted by molar-refractivity contribution is 7.98. The molecule has 1 aliphatic carbocycles. The molecular weight excluding hydrogens is 232 g/mol. The van der Waals surface area contributed by atoms with Gasteiger partial charge in [-0.05, 0) is 43.1 Å². The van der Waals surface area contributed by atoms with Gasteiger partial charge < -0.3 is 11.1 Å². The van der Waals surface area contributed by atoms with Crippen molar-refractivity contribution in [2.24, 2.45) is 17.6 Å². The summed E-state index contributed by atoms with van der Waals surface area (Å²) in [6, 6.07) is -0.329. The highest BCUT2D eigenvalue weighted by Gasteiger charge is 2.20. The van der Waals surface area contributed by atoms with E-state index in [1.54, 1.807) is 11.8 Å². The van der Waals surface area contributed by atoms with Crippen molar-refractivity contribution in [3.8, 4) is 0 Å². The van der Waals surface area contributed by atoms with E-state index in [2.05, 4.69) is 12.2 Å². The zero-order valence-corrected chi connectivity index (χ0v) is 11.9. The van der Waals surface area contributed by atoms with Crippen molar-refractivity contribution in [2.75, 3.05) is 18.6 Å². The average Bonchev–Trinajstić information content (AvgIpc) is 2.34.